The topological polar surface area (TPSA) is 59.2 Å². The van der Waals surface area contributed by atoms with E-state index in [1.165, 1.54) is 0 Å². The molecule has 0 aliphatic carbocycles. The number of halogens is 1. The first-order valence-electron chi connectivity index (χ1n) is 10.7. The molecular formula is C23H27ClN6. The first-order chi connectivity index (χ1) is 14.7. The fourth-order valence-electron chi connectivity index (χ4n) is 3.68. The average molecular weight is 423 g/mol. The standard InChI is InChI=1S/C23H27ClN6/c1-3-5-13-29(14-6-4-2)20-12-11-19-23(27-20)22(17-9-7-8-10-18(17)24)25-15-21-28-26-16-30(19)21/h7-12,16H,3-6,13-15H2,1-2H3. The van der Waals surface area contributed by atoms with Crippen LogP contribution in [0.15, 0.2) is 47.7 Å². The van der Waals surface area contributed by atoms with E-state index in [1.54, 1.807) is 6.33 Å². The van der Waals surface area contributed by atoms with Gasteiger partial charge in [-0.2, -0.15) is 0 Å². The molecule has 1 aliphatic heterocycles. The molecule has 6 nitrogen and oxygen atoms in total. The average Bonchev–Trinajstić information content (AvgIpc) is 3.18. The van der Waals surface area contributed by atoms with Crippen molar-refractivity contribution in [1.82, 2.24) is 19.7 Å². The summed E-state index contributed by atoms with van der Waals surface area (Å²) < 4.78 is 1.97. The Balaban J connectivity index is 1.83. The second-order valence-electron chi connectivity index (χ2n) is 7.49. The van der Waals surface area contributed by atoms with Crippen molar-refractivity contribution in [3.63, 3.8) is 0 Å². The number of pyridine rings is 1. The van der Waals surface area contributed by atoms with Gasteiger partial charge in [-0.15, -0.1) is 10.2 Å². The predicted octanol–water partition coefficient (Wildman–Crippen LogP) is 5.07. The number of hydrogen-bond donors (Lipinski definition) is 0. The molecule has 0 fully saturated rings. The Bertz CT molecular complexity index is 1030. The molecule has 0 N–H and O–H groups in total. The van der Waals surface area contributed by atoms with E-state index in [9.17, 15) is 0 Å². The third kappa shape index (κ3) is 4.10. The van der Waals surface area contributed by atoms with E-state index in [1.807, 2.05) is 28.8 Å². The van der Waals surface area contributed by atoms with E-state index in [2.05, 4.69) is 41.1 Å². The van der Waals surface area contributed by atoms with Crippen molar-refractivity contribution in [2.24, 2.45) is 4.99 Å². The summed E-state index contributed by atoms with van der Waals surface area (Å²) in [5.74, 6) is 1.77. The van der Waals surface area contributed by atoms with Crippen molar-refractivity contribution >= 4 is 23.1 Å². The Hall–Kier alpha value is -2.73. The monoisotopic (exact) mass is 422 g/mol. The lowest BCUT2D eigenvalue weighted by Crippen LogP contribution is -2.27. The molecule has 0 unspecified atom stereocenters. The molecule has 4 rings (SSSR count). The smallest absolute Gasteiger partial charge is 0.159 e. The number of hydrogen-bond acceptors (Lipinski definition) is 5. The van der Waals surface area contributed by atoms with E-state index in [-0.39, 0.29) is 0 Å². The third-order valence-electron chi connectivity index (χ3n) is 5.36. The minimum absolute atomic E-state index is 0.432. The van der Waals surface area contributed by atoms with Crippen LogP contribution in [0.1, 0.15) is 56.6 Å². The first kappa shape index (κ1) is 20.5. The van der Waals surface area contributed by atoms with Crippen molar-refractivity contribution in [2.45, 2.75) is 46.1 Å². The molecule has 3 heterocycles. The number of rotatable bonds is 8. The molecule has 0 saturated carbocycles. The number of unbranched alkanes of at least 4 members (excludes halogenated alkanes) is 2. The molecule has 0 atom stereocenters. The van der Waals surface area contributed by atoms with Crippen molar-refractivity contribution in [3.05, 3.63) is 64.8 Å². The highest BCUT2D eigenvalue weighted by Gasteiger charge is 2.23. The summed E-state index contributed by atoms with van der Waals surface area (Å²) in [6, 6.07) is 12.0. The predicted molar refractivity (Wildman–Crippen MR) is 122 cm³/mol. The van der Waals surface area contributed by atoms with Gasteiger partial charge in [-0.05, 0) is 31.0 Å². The van der Waals surface area contributed by atoms with Crippen LogP contribution in [0.3, 0.4) is 0 Å². The van der Waals surface area contributed by atoms with E-state index >= 15 is 0 Å². The summed E-state index contributed by atoms with van der Waals surface area (Å²) in [4.78, 5) is 12.4. The Morgan fingerprint density at radius 1 is 1.03 bits per heavy atom. The second-order valence-corrected chi connectivity index (χ2v) is 7.90. The Morgan fingerprint density at radius 2 is 1.80 bits per heavy atom. The van der Waals surface area contributed by atoms with Gasteiger partial charge in [0, 0.05) is 18.7 Å². The Labute approximate surface area is 182 Å². The van der Waals surface area contributed by atoms with Gasteiger partial charge in [-0.3, -0.25) is 9.56 Å². The maximum Gasteiger partial charge on any atom is 0.159 e. The minimum Gasteiger partial charge on any atom is -0.357 e. The van der Waals surface area contributed by atoms with E-state index < -0.39 is 0 Å². The molecule has 0 saturated heterocycles. The molecule has 2 aromatic heterocycles. The van der Waals surface area contributed by atoms with Crippen LogP contribution in [-0.4, -0.2) is 38.5 Å². The molecule has 0 spiro atoms. The molecule has 0 amide bonds. The minimum atomic E-state index is 0.432. The van der Waals surface area contributed by atoms with Gasteiger partial charge in [-0.1, -0.05) is 56.5 Å². The lowest BCUT2D eigenvalue weighted by molar-refractivity contribution is 0.671. The maximum atomic E-state index is 6.55. The van der Waals surface area contributed by atoms with Gasteiger partial charge in [-0.25, -0.2) is 4.98 Å². The zero-order valence-electron chi connectivity index (χ0n) is 17.6. The fourth-order valence-corrected chi connectivity index (χ4v) is 3.91. The molecule has 7 heteroatoms. The molecule has 3 aromatic rings. The van der Waals surface area contributed by atoms with E-state index in [0.29, 0.717) is 11.6 Å². The number of aliphatic imine (C=N–C) groups is 1. The van der Waals surface area contributed by atoms with Crippen LogP contribution in [-0.2, 0) is 6.54 Å². The quantitative estimate of drug-likeness (QED) is 0.508. The highest BCUT2D eigenvalue weighted by atomic mass is 35.5. The molecule has 1 aliphatic rings. The van der Waals surface area contributed by atoms with Crippen LogP contribution < -0.4 is 4.90 Å². The lowest BCUT2D eigenvalue weighted by atomic mass is 10.0. The molecule has 1 aromatic carbocycles. The maximum absolute atomic E-state index is 6.55. The van der Waals surface area contributed by atoms with Gasteiger partial charge in [0.15, 0.2) is 5.82 Å². The van der Waals surface area contributed by atoms with Crippen molar-refractivity contribution < 1.29 is 0 Å². The van der Waals surface area contributed by atoms with Gasteiger partial charge < -0.3 is 4.90 Å². The lowest BCUT2D eigenvalue weighted by Gasteiger charge is -2.25. The van der Waals surface area contributed by atoms with Crippen LogP contribution >= 0.6 is 11.6 Å². The van der Waals surface area contributed by atoms with Crippen molar-refractivity contribution in [1.29, 1.82) is 0 Å². The summed E-state index contributed by atoms with van der Waals surface area (Å²) in [6.07, 6.45) is 6.33. The van der Waals surface area contributed by atoms with Gasteiger partial charge in [0.1, 0.15) is 24.4 Å². The molecule has 30 heavy (non-hydrogen) atoms. The van der Waals surface area contributed by atoms with E-state index in [0.717, 1.165) is 73.1 Å². The molecule has 156 valence electrons. The Morgan fingerprint density at radius 3 is 2.53 bits per heavy atom. The van der Waals surface area contributed by atoms with Crippen molar-refractivity contribution in [3.8, 4) is 5.69 Å². The normalized spacial score (nSPS) is 12.7. The largest absolute Gasteiger partial charge is 0.357 e. The number of nitrogens with zero attached hydrogens (tertiary/aromatic N) is 6. The van der Waals surface area contributed by atoms with E-state index in [4.69, 9.17) is 21.6 Å². The number of anilines is 1. The van der Waals surface area contributed by atoms with Crippen LogP contribution in [0.5, 0.6) is 0 Å². The van der Waals surface area contributed by atoms with Crippen molar-refractivity contribution in [2.75, 3.05) is 18.0 Å². The zero-order chi connectivity index (χ0) is 20.9. The molecule has 0 bridgehead atoms. The number of aromatic nitrogens is 4. The third-order valence-corrected chi connectivity index (χ3v) is 5.69. The van der Waals surface area contributed by atoms with Crippen LogP contribution in [0.4, 0.5) is 5.82 Å². The highest BCUT2D eigenvalue weighted by Crippen LogP contribution is 2.28. The molecule has 0 radical (unpaired) electrons. The highest BCUT2D eigenvalue weighted by molar-refractivity contribution is 6.35. The van der Waals surface area contributed by atoms with Gasteiger partial charge in [0.2, 0.25) is 0 Å². The zero-order valence-corrected chi connectivity index (χ0v) is 18.3. The van der Waals surface area contributed by atoms with Crippen LogP contribution in [0, 0.1) is 0 Å². The summed E-state index contributed by atoms with van der Waals surface area (Å²) in [7, 11) is 0. The Kier molecular flexibility index (Phi) is 6.43. The first-order valence-corrected chi connectivity index (χ1v) is 11.1. The van der Waals surface area contributed by atoms with Crippen LogP contribution in [0.2, 0.25) is 5.02 Å². The summed E-state index contributed by atoms with van der Waals surface area (Å²) >= 11 is 6.55. The fraction of sp³-hybridized carbons (Fsp3) is 0.391. The second kappa shape index (κ2) is 9.39. The van der Waals surface area contributed by atoms with Gasteiger partial charge in [0.05, 0.1) is 16.4 Å². The SMILES string of the molecule is CCCCN(CCCC)c1ccc2c(n1)C(c1ccccc1Cl)=NCc1nncn1-2. The molecular weight excluding hydrogens is 396 g/mol. The summed E-state index contributed by atoms with van der Waals surface area (Å²) in [6.45, 7) is 6.87. The summed E-state index contributed by atoms with van der Waals surface area (Å²) in [5.41, 5.74) is 3.43. The number of benzene rings is 1. The van der Waals surface area contributed by atoms with Crippen LogP contribution in [0.25, 0.3) is 5.69 Å². The number of fused-ring (bicyclic) bond motifs is 3. The van der Waals surface area contributed by atoms with Gasteiger partial charge >= 0.3 is 0 Å². The van der Waals surface area contributed by atoms with Gasteiger partial charge in [0.25, 0.3) is 0 Å². The summed E-state index contributed by atoms with van der Waals surface area (Å²) in [5, 5.41) is 8.98.